The van der Waals surface area contributed by atoms with Crippen molar-refractivity contribution in [2.75, 3.05) is 12.8 Å². The first-order valence-corrected chi connectivity index (χ1v) is 9.42. The second-order valence-electron chi connectivity index (χ2n) is 7.01. The molecule has 23 heavy (non-hydrogen) atoms. The molecular formula is C16H24N2O4S. The summed E-state index contributed by atoms with van der Waals surface area (Å²) in [5.41, 5.74) is 5.00. The van der Waals surface area contributed by atoms with E-state index in [4.69, 9.17) is 10.5 Å². The van der Waals surface area contributed by atoms with Gasteiger partial charge in [-0.1, -0.05) is 30.3 Å². The molecule has 2 rings (SSSR count). The molecule has 0 aliphatic heterocycles. The molecule has 1 amide bonds. The highest BCUT2D eigenvalue weighted by Crippen LogP contribution is 2.55. The average Bonchev–Trinajstić information content (AvgIpc) is 3.06. The Labute approximate surface area is 137 Å². The molecule has 1 fully saturated rings. The van der Waals surface area contributed by atoms with Crippen molar-refractivity contribution in [2.45, 2.75) is 43.1 Å². The number of amides is 1. The molecule has 1 saturated carbocycles. The molecule has 1 aliphatic rings. The summed E-state index contributed by atoms with van der Waals surface area (Å²) in [5.74, 6) is -0.379. The van der Waals surface area contributed by atoms with Gasteiger partial charge in [0, 0.05) is 18.7 Å². The normalized spacial score (nSPS) is 27.3. The van der Waals surface area contributed by atoms with E-state index in [1.165, 1.54) is 6.26 Å². The number of nitrogens with one attached hydrogen (secondary N) is 1. The van der Waals surface area contributed by atoms with Gasteiger partial charge in [0.2, 0.25) is 0 Å². The van der Waals surface area contributed by atoms with E-state index in [1.807, 2.05) is 30.3 Å². The van der Waals surface area contributed by atoms with Crippen LogP contribution in [-0.4, -0.2) is 43.7 Å². The van der Waals surface area contributed by atoms with Crippen LogP contribution in [0.4, 0.5) is 4.79 Å². The Kier molecular flexibility index (Phi) is 4.47. The number of carbonyl (C=O) groups excluding carboxylic acids is 1. The van der Waals surface area contributed by atoms with Gasteiger partial charge < -0.3 is 15.8 Å². The summed E-state index contributed by atoms with van der Waals surface area (Å²) >= 11 is 0. The SMILES string of the molecule is CC(C)(C)OC(=O)N[C@@]1(CN)[C@H](c2ccccc2)[C@@H]1S(C)(=O)=O. The van der Waals surface area contributed by atoms with Gasteiger partial charge in [-0.2, -0.15) is 0 Å². The molecule has 0 bridgehead atoms. The zero-order valence-electron chi connectivity index (χ0n) is 13.9. The predicted octanol–water partition coefficient (Wildman–Crippen LogP) is 1.42. The van der Waals surface area contributed by atoms with Gasteiger partial charge in [0.25, 0.3) is 0 Å². The van der Waals surface area contributed by atoms with Gasteiger partial charge in [-0.25, -0.2) is 13.2 Å². The summed E-state index contributed by atoms with van der Waals surface area (Å²) in [7, 11) is -3.39. The van der Waals surface area contributed by atoms with Gasteiger partial charge in [-0.15, -0.1) is 0 Å². The third-order valence-corrected chi connectivity index (χ3v) is 5.56. The zero-order chi connectivity index (χ0) is 17.5. The number of benzene rings is 1. The van der Waals surface area contributed by atoms with Crippen molar-refractivity contribution in [3.63, 3.8) is 0 Å². The maximum absolute atomic E-state index is 12.2. The predicted molar refractivity (Wildman–Crippen MR) is 89.0 cm³/mol. The van der Waals surface area contributed by atoms with Crippen LogP contribution in [0.3, 0.4) is 0 Å². The molecule has 7 heteroatoms. The van der Waals surface area contributed by atoms with Crippen LogP contribution in [0.2, 0.25) is 0 Å². The Balaban J connectivity index is 2.33. The maximum atomic E-state index is 12.2. The van der Waals surface area contributed by atoms with Crippen LogP contribution in [0, 0.1) is 0 Å². The summed E-state index contributed by atoms with van der Waals surface area (Å²) < 4.78 is 29.6. The minimum absolute atomic E-state index is 0.0174. The van der Waals surface area contributed by atoms with Crippen molar-refractivity contribution in [1.29, 1.82) is 0 Å². The molecule has 0 heterocycles. The van der Waals surface area contributed by atoms with Crippen molar-refractivity contribution >= 4 is 15.9 Å². The summed E-state index contributed by atoms with van der Waals surface area (Å²) in [5, 5.41) is 1.96. The summed E-state index contributed by atoms with van der Waals surface area (Å²) in [4.78, 5) is 12.1. The molecule has 0 saturated heterocycles. The van der Waals surface area contributed by atoms with Crippen molar-refractivity contribution < 1.29 is 17.9 Å². The van der Waals surface area contributed by atoms with Crippen molar-refractivity contribution in [3.05, 3.63) is 35.9 Å². The smallest absolute Gasteiger partial charge is 0.408 e. The Morgan fingerprint density at radius 3 is 2.30 bits per heavy atom. The fourth-order valence-corrected chi connectivity index (χ4v) is 4.98. The lowest BCUT2D eigenvalue weighted by Crippen LogP contribution is -2.48. The van der Waals surface area contributed by atoms with Gasteiger partial charge in [-0.3, -0.25) is 0 Å². The topological polar surface area (TPSA) is 98.5 Å². The molecule has 0 spiro atoms. The van der Waals surface area contributed by atoms with E-state index in [0.29, 0.717) is 0 Å². The molecule has 1 aromatic rings. The number of hydrogen-bond acceptors (Lipinski definition) is 5. The van der Waals surface area contributed by atoms with Crippen LogP contribution in [-0.2, 0) is 14.6 Å². The van der Waals surface area contributed by atoms with Crippen LogP contribution in [0.25, 0.3) is 0 Å². The van der Waals surface area contributed by atoms with Crippen LogP contribution in [0.1, 0.15) is 32.3 Å². The number of sulfone groups is 1. The fourth-order valence-electron chi connectivity index (χ4n) is 3.10. The quantitative estimate of drug-likeness (QED) is 0.864. The lowest BCUT2D eigenvalue weighted by molar-refractivity contribution is 0.0497. The first-order chi connectivity index (χ1) is 10.5. The number of rotatable bonds is 4. The highest BCUT2D eigenvalue weighted by atomic mass is 32.2. The van der Waals surface area contributed by atoms with Crippen molar-refractivity contribution in [2.24, 2.45) is 5.73 Å². The van der Waals surface area contributed by atoms with E-state index in [1.54, 1.807) is 20.8 Å². The summed E-state index contributed by atoms with van der Waals surface area (Å²) in [6, 6.07) is 9.21. The highest BCUT2D eigenvalue weighted by Gasteiger charge is 2.70. The number of alkyl carbamates (subject to hydrolysis) is 1. The molecule has 6 nitrogen and oxygen atoms in total. The molecule has 128 valence electrons. The van der Waals surface area contributed by atoms with E-state index in [9.17, 15) is 13.2 Å². The Morgan fingerprint density at radius 1 is 1.30 bits per heavy atom. The second-order valence-corrected chi connectivity index (χ2v) is 9.18. The third-order valence-electron chi connectivity index (χ3n) is 3.95. The first kappa shape index (κ1) is 17.7. The van der Waals surface area contributed by atoms with E-state index in [2.05, 4.69) is 5.32 Å². The van der Waals surface area contributed by atoms with Crippen LogP contribution >= 0.6 is 0 Å². The number of ether oxygens (including phenoxy) is 1. The van der Waals surface area contributed by atoms with Crippen LogP contribution < -0.4 is 11.1 Å². The minimum atomic E-state index is -3.39. The van der Waals surface area contributed by atoms with E-state index in [0.717, 1.165) is 5.56 Å². The number of nitrogens with two attached hydrogens (primary N) is 1. The Bertz CT molecular complexity index is 682. The summed E-state index contributed by atoms with van der Waals surface area (Å²) in [6.45, 7) is 5.26. The van der Waals surface area contributed by atoms with Gasteiger partial charge in [0.1, 0.15) is 5.60 Å². The molecule has 0 unspecified atom stereocenters. The average molecular weight is 340 g/mol. The lowest BCUT2D eigenvalue weighted by Gasteiger charge is -2.24. The summed E-state index contributed by atoms with van der Waals surface area (Å²) in [6.07, 6.45) is 0.511. The maximum Gasteiger partial charge on any atom is 0.408 e. The lowest BCUT2D eigenvalue weighted by atomic mass is 10.1. The van der Waals surface area contributed by atoms with Gasteiger partial charge in [0.15, 0.2) is 9.84 Å². The van der Waals surface area contributed by atoms with E-state index >= 15 is 0 Å². The van der Waals surface area contributed by atoms with Gasteiger partial charge in [-0.05, 0) is 26.3 Å². The van der Waals surface area contributed by atoms with Gasteiger partial charge >= 0.3 is 6.09 Å². The van der Waals surface area contributed by atoms with Crippen molar-refractivity contribution in [1.82, 2.24) is 5.32 Å². The number of carbonyl (C=O) groups is 1. The second kappa shape index (κ2) is 5.79. The highest BCUT2D eigenvalue weighted by molar-refractivity contribution is 7.91. The number of hydrogen-bond donors (Lipinski definition) is 2. The third kappa shape index (κ3) is 3.67. The molecule has 0 radical (unpaired) electrons. The van der Waals surface area contributed by atoms with Crippen LogP contribution in [0.5, 0.6) is 0 Å². The van der Waals surface area contributed by atoms with E-state index in [-0.39, 0.29) is 12.5 Å². The molecular weight excluding hydrogens is 316 g/mol. The fraction of sp³-hybridized carbons (Fsp3) is 0.562. The van der Waals surface area contributed by atoms with Crippen LogP contribution in [0.15, 0.2) is 30.3 Å². The molecule has 0 aromatic heterocycles. The molecule has 1 aliphatic carbocycles. The monoisotopic (exact) mass is 340 g/mol. The van der Waals surface area contributed by atoms with Crippen molar-refractivity contribution in [3.8, 4) is 0 Å². The first-order valence-electron chi connectivity index (χ1n) is 7.46. The molecule has 1 aromatic carbocycles. The largest absolute Gasteiger partial charge is 0.444 e. The van der Waals surface area contributed by atoms with Gasteiger partial charge in [0.05, 0.1) is 10.8 Å². The standard InChI is InChI=1S/C16H24N2O4S/c1-15(2,3)22-14(19)18-16(10-17)12(13(16)23(4,20)21)11-8-6-5-7-9-11/h5-9,12-13H,10,17H2,1-4H3,(H,18,19)/t12-,13+,16+/m1/s1. The molecule has 3 N–H and O–H groups in total. The minimum Gasteiger partial charge on any atom is -0.444 e. The zero-order valence-corrected chi connectivity index (χ0v) is 14.7. The Morgan fingerprint density at radius 2 is 1.87 bits per heavy atom. The molecule has 3 atom stereocenters. The van der Waals surface area contributed by atoms with E-state index < -0.39 is 32.3 Å². The Hall–Kier alpha value is -1.60.